The lowest BCUT2D eigenvalue weighted by Crippen LogP contribution is -1.93. The molecule has 0 saturated heterocycles. The maximum atomic E-state index is 6.26. The van der Waals surface area contributed by atoms with Crippen molar-refractivity contribution < 1.29 is 0 Å². The van der Waals surface area contributed by atoms with Crippen LogP contribution >= 0.6 is 11.6 Å². The van der Waals surface area contributed by atoms with Gasteiger partial charge >= 0.3 is 0 Å². The standard InChI is InChI=1S/C16H10ClN5/c17-15-19-13-9-5-4-8-12(13)14-20-21-16(22(14)15)18-10-11-6-2-1-3-7-11/h1-10H/b18-10+. The van der Waals surface area contributed by atoms with E-state index in [-0.39, 0.29) is 0 Å². The Hall–Kier alpha value is -2.79. The van der Waals surface area contributed by atoms with Gasteiger partial charge in [0.1, 0.15) is 0 Å². The van der Waals surface area contributed by atoms with Crippen molar-refractivity contribution in [3.8, 4) is 0 Å². The van der Waals surface area contributed by atoms with Crippen molar-refractivity contribution in [2.24, 2.45) is 4.99 Å². The second kappa shape index (κ2) is 5.20. The highest BCUT2D eigenvalue weighted by Crippen LogP contribution is 2.24. The Morgan fingerprint density at radius 2 is 1.73 bits per heavy atom. The predicted octanol–water partition coefficient (Wildman–Crippen LogP) is 3.68. The lowest BCUT2D eigenvalue weighted by atomic mass is 10.2. The molecular formula is C16H10ClN5. The molecule has 22 heavy (non-hydrogen) atoms. The summed E-state index contributed by atoms with van der Waals surface area (Å²) in [5.74, 6) is 0.405. The summed E-state index contributed by atoms with van der Waals surface area (Å²) in [4.78, 5) is 8.74. The van der Waals surface area contributed by atoms with Crippen molar-refractivity contribution in [3.05, 3.63) is 65.4 Å². The van der Waals surface area contributed by atoms with Gasteiger partial charge in [-0.25, -0.2) is 14.4 Å². The van der Waals surface area contributed by atoms with Crippen LogP contribution in [0, 0.1) is 0 Å². The Kier molecular flexibility index (Phi) is 3.05. The highest BCUT2D eigenvalue weighted by atomic mass is 35.5. The Labute approximate surface area is 130 Å². The minimum atomic E-state index is 0.291. The van der Waals surface area contributed by atoms with Crippen LogP contribution in [0.15, 0.2) is 59.6 Å². The largest absolute Gasteiger partial charge is 0.257 e. The van der Waals surface area contributed by atoms with Crippen molar-refractivity contribution in [3.63, 3.8) is 0 Å². The van der Waals surface area contributed by atoms with E-state index in [1.807, 2.05) is 54.6 Å². The molecule has 2 aromatic carbocycles. The average Bonchev–Trinajstić information content (AvgIpc) is 2.99. The number of rotatable bonds is 2. The Bertz CT molecular complexity index is 991. The fourth-order valence-electron chi connectivity index (χ4n) is 2.29. The van der Waals surface area contributed by atoms with Crippen molar-refractivity contribution in [1.29, 1.82) is 0 Å². The van der Waals surface area contributed by atoms with E-state index in [1.54, 1.807) is 10.6 Å². The molecule has 0 unspecified atom stereocenters. The van der Waals surface area contributed by atoms with E-state index in [0.29, 0.717) is 16.9 Å². The molecular weight excluding hydrogens is 298 g/mol. The second-order valence-electron chi connectivity index (χ2n) is 4.73. The SMILES string of the molecule is Clc1nc2ccccc2c2nnc(/N=C/c3ccccc3)n12. The van der Waals surface area contributed by atoms with Crippen molar-refractivity contribution in [2.75, 3.05) is 0 Å². The van der Waals surface area contributed by atoms with Gasteiger partial charge < -0.3 is 0 Å². The van der Waals surface area contributed by atoms with Gasteiger partial charge in [-0.15, -0.1) is 10.2 Å². The minimum absolute atomic E-state index is 0.291. The zero-order valence-corrected chi connectivity index (χ0v) is 12.1. The predicted molar refractivity (Wildman–Crippen MR) is 87.0 cm³/mol. The second-order valence-corrected chi connectivity index (χ2v) is 5.06. The van der Waals surface area contributed by atoms with E-state index in [0.717, 1.165) is 16.5 Å². The lowest BCUT2D eigenvalue weighted by molar-refractivity contribution is 1.07. The molecule has 0 atom stereocenters. The van der Waals surface area contributed by atoms with Crippen LogP contribution in [-0.2, 0) is 0 Å². The molecule has 4 rings (SSSR count). The number of para-hydroxylation sites is 1. The van der Waals surface area contributed by atoms with Crippen LogP contribution in [0.2, 0.25) is 5.28 Å². The van der Waals surface area contributed by atoms with E-state index in [9.17, 15) is 0 Å². The van der Waals surface area contributed by atoms with Crippen molar-refractivity contribution in [1.82, 2.24) is 19.6 Å². The molecule has 0 aliphatic rings. The third-order valence-corrected chi connectivity index (χ3v) is 3.57. The first-order valence-corrected chi connectivity index (χ1v) is 7.09. The molecule has 0 aliphatic carbocycles. The van der Waals surface area contributed by atoms with Gasteiger partial charge in [0.15, 0.2) is 5.65 Å². The van der Waals surface area contributed by atoms with Crippen molar-refractivity contribution in [2.45, 2.75) is 0 Å². The zero-order valence-electron chi connectivity index (χ0n) is 11.4. The van der Waals surface area contributed by atoms with Gasteiger partial charge in [-0.2, -0.15) is 0 Å². The number of nitrogens with zero attached hydrogens (tertiary/aromatic N) is 5. The zero-order chi connectivity index (χ0) is 14.9. The summed E-state index contributed by atoms with van der Waals surface area (Å²) in [6.45, 7) is 0. The fourth-order valence-corrected chi connectivity index (χ4v) is 2.53. The molecule has 0 spiro atoms. The molecule has 6 heteroatoms. The average molecular weight is 308 g/mol. The van der Waals surface area contributed by atoms with Crippen molar-refractivity contribution >= 4 is 40.3 Å². The summed E-state index contributed by atoms with van der Waals surface area (Å²) >= 11 is 6.26. The third-order valence-electron chi connectivity index (χ3n) is 3.32. The Balaban J connectivity index is 1.89. The molecule has 0 radical (unpaired) electrons. The summed E-state index contributed by atoms with van der Waals surface area (Å²) in [5, 5.41) is 9.49. The van der Waals surface area contributed by atoms with Gasteiger partial charge in [0.05, 0.1) is 5.52 Å². The first-order valence-electron chi connectivity index (χ1n) is 6.71. The van der Waals surface area contributed by atoms with E-state index >= 15 is 0 Å². The minimum Gasteiger partial charge on any atom is -0.232 e. The van der Waals surface area contributed by atoms with E-state index in [4.69, 9.17) is 11.6 Å². The summed E-state index contributed by atoms with van der Waals surface area (Å²) in [5.41, 5.74) is 2.41. The summed E-state index contributed by atoms with van der Waals surface area (Å²) in [6, 6.07) is 17.4. The number of fused-ring (bicyclic) bond motifs is 3. The molecule has 0 bridgehead atoms. The third kappa shape index (κ3) is 2.12. The molecule has 0 N–H and O–H groups in total. The van der Waals surface area contributed by atoms with Crippen LogP contribution in [0.5, 0.6) is 0 Å². The maximum absolute atomic E-state index is 6.26. The number of halogens is 1. The Morgan fingerprint density at radius 1 is 0.955 bits per heavy atom. The Morgan fingerprint density at radius 3 is 2.59 bits per heavy atom. The van der Waals surface area contributed by atoms with Crippen LogP contribution in [0.4, 0.5) is 5.95 Å². The number of aromatic nitrogens is 4. The first-order chi connectivity index (χ1) is 10.8. The molecule has 106 valence electrons. The molecule has 2 heterocycles. The number of hydrogen-bond acceptors (Lipinski definition) is 4. The van der Waals surface area contributed by atoms with Crippen LogP contribution in [0.3, 0.4) is 0 Å². The number of benzene rings is 2. The van der Waals surface area contributed by atoms with E-state index in [2.05, 4.69) is 20.2 Å². The number of aliphatic imine (C=N–C) groups is 1. The van der Waals surface area contributed by atoms with Crippen LogP contribution in [-0.4, -0.2) is 25.8 Å². The smallest absolute Gasteiger partial charge is 0.232 e. The van der Waals surface area contributed by atoms with Gasteiger partial charge in [-0.3, -0.25) is 0 Å². The molecule has 4 aromatic rings. The van der Waals surface area contributed by atoms with Crippen LogP contribution in [0.1, 0.15) is 5.56 Å². The van der Waals surface area contributed by atoms with Crippen LogP contribution in [0.25, 0.3) is 16.6 Å². The van der Waals surface area contributed by atoms with Gasteiger partial charge in [-0.1, -0.05) is 42.5 Å². The van der Waals surface area contributed by atoms with Gasteiger partial charge in [0, 0.05) is 11.6 Å². The molecule has 0 amide bonds. The highest BCUT2D eigenvalue weighted by molar-refractivity contribution is 6.29. The first kappa shape index (κ1) is 12.9. The molecule has 2 aromatic heterocycles. The number of hydrogen-bond donors (Lipinski definition) is 0. The monoisotopic (exact) mass is 307 g/mol. The topological polar surface area (TPSA) is 55.4 Å². The fraction of sp³-hybridized carbons (Fsp3) is 0. The lowest BCUT2D eigenvalue weighted by Gasteiger charge is -2.02. The van der Waals surface area contributed by atoms with E-state index < -0.39 is 0 Å². The maximum Gasteiger partial charge on any atom is 0.257 e. The van der Waals surface area contributed by atoms with E-state index in [1.165, 1.54) is 0 Å². The van der Waals surface area contributed by atoms with Gasteiger partial charge in [0.25, 0.3) is 5.95 Å². The molecule has 0 aliphatic heterocycles. The molecule has 0 saturated carbocycles. The quantitative estimate of drug-likeness (QED) is 0.419. The van der Waals surface area contributed by atoms with Gasteiger partial charge in [-0.05, 0) is 29.3 Å². The molecule has 0 fully saturated rings. The summed E-state index contributed by atoms with van der Waals surface area (Å²) in [6.07, 6.45) is 1.72. The molecule has 5 nitrogen and oxygen atoms in total. The summed E-state index contributed by atoms with van der Waals surface area (Å²) < 4.78 is 1.64. The van der Waals surface area contributed by atoms with Gasteiger partial charge in [0.2, 0.25) is 5.28 Å². The normalized spacial score (nSPS) is 11.7. The summed E-state index contributed by atoms with van der Waals surface area (Å²) in [7, 11) is 0. The van der Waals surface area contributed by atoms with Crippen LogP contribution < -0.4 is 0 Å². The highest BCUT2D eigenvalue weighted by Gasteiger charge is 2.12.